The Labute approximate surface area is 164 Å². The summed E-state index contributed by atoms with van der Waals surface area (Å²) < 4.78 is 0. The molecule has 2 N–H and O–H groups in total. The third-order valence-corrected chi connectivity index (χ3v) is 5.39. The van der Waals surface area contributed by atoms with Crippen molar-refractivity contribution >= 4 is 27.4 Å². The zero-order valence-corrected chi connectivity index (χ0v) is 15.7. The highest BCUT2D eigenvalue weighted by atomic mass is 14.7. The molecule has 134 valence electrons. The fraction of sp³-hybridized carbons (Fsp3) is 0.0385. The van der Waals surface area contributed by atoms with Gasteiger partial charge >= 0.3 is 0 Å². The second-order valence-electron chi connectivity index (χ2n) is 7.14. The van der Waals surface area contributed by atoms with Crippen LogP contribution in [0.5, 0.6) is 0 Å². The molecule has 0 amide bonds. The zero-order chi connectivity index (χ0) is 19.1. The van der Waals surface area contributed by atoms with Crippen molar-refractivity contribution < 1.29 is 0 Å². The van der Waals surface area contributed by atoms with E-state index in [2.05, 4.69) is 72.8 Å². The molecule has 28 heavy (non-hydrogen) atoms. The normalized spacial score (nSPS) is 11.2. The first kappa shape index (κ1) is 16.5. The van der Waals surface area contributed by atoms with Gasteiger partial charge in [0.05, 0.1) is 16.9 Å². The van der Waals surface area contributed by atoms with Gasteiger partial charge < -0.3 is 5.73 Å². The van der Waals surface area contributed by atoms with Crippen LogP contribution in [-0.2, 0) is 0 Å². The van der Waals surface area contributed by atoms with E-state index < -0.39 is 0 Å². The Hall–Kier alpha value is -3.65. The average Bonchev–Trinajstić information content (AvgIpc) is 2.76. The summed E-state index contributed by atoms with van der Waals surface area (Å²) in [7, 11) is 0. The summed E-state index contributed by atoms with van der Waals surface area (Å²) in [6, 6.07) is 31.6. The third-order valence-electron chi connectivity index (χ3n) is 5.39. The predicted molar refractivity (Wildman–Crippen MR) is 119 cm³/mol. The predicted octanol–water partition coefficient (Wildman–Crippen LogP) is 6.61. The topological polar surface area (TPSA) is 38.9 Å². The molecule has 1 heterocycles. The van der Waals surface area contributed by atoms with Crippen molar-refractivity contribution in [3.05, 3.63) is 96.6 Å². The lowest BCUT2D eigenvalue weighted by molar-refractivity contribution is 1.38. The van der Waals surface area contributed by atoms with Crippen molar-refractivity contribution in [2.45, 2.75) is 6.92 Å². The summed E-state index contributed by atoms with van der Waals surface area (Å²) in [5, 5.41) is 3.54. The van der Waals surface area contributed by atoms with Crippen LogP contribution in [0.3, 0.4) is 0 Å². The van der Waals surface area contributed by atoms with Crippen LogP contribution >= 0.6 is 0 Å². The molecule has 0 atom stereocenters. The monoisotopic (exact) mass is 360 g/mol. The minimum atomic E-state index is 0.747. The lowest BCUT2D eigenvalue weighted by Gasteiger charge is -2.14. The Morgan fingerprint density at radius 1 is 0.679 bits per heavy atom. The van der Waals surface area contributed by atoms with Gasteiger partial charge in [-0.05, 0) is 40.5 Å². The van der Waals surface area contributed by atoms with Crippen LogP contribution in [0, 0.1) is 6.92 Å². The lowest BCUT2D eigenvalue weighted by atomic mass is 9.93. The second-order valence-corrected chi connectivity index (χ2v) is 7.14. The molecule has 0 saturated carbocycles. The molecule has 0 unspecified atom stereocenters. The smallest absolute Gasteiger partial charge is 0.0947 e. The van der Waals surface area contributed by atoms with E-state index in [4.69, 9.17) is 10.7 Å². The van der Waals surface area contributed by atoms with Crippen molar-refractivity contribution in [1.82, 2.24) is 4.98 Å². The van der Waals surface area contributed by atoms with Crippen LogP contribution in [0.2, 0.25) is 0 Å². The van der Waals surface area contributed by atoms with Crippen molar-refractivity contribution in [3.8, 4) is 22.4 Å². The van der Waals surface area contributed by atoms with Crippen LogP contribution in [0.25, 0.3) is 44.1 Å². The maximum atomic E-state index is 6.46. The van der Waals surface area contributed by atoms with Gasteiger partial charge in [-0.2, -0.15) is 0 Å². The van der Waals surface area contributed by atoms with Gasteiger partial charge in [-0.1, -0.05) is 84.9 Å². The molecule has 0 aliphatic rings. The number of aryl methyl sites for hydroxylation is 1. The van der Waals surface area contributed by atoms with E-state index in [1.54, 1.807) is 0 Å². The number of fused-ring (bicyclic) bond motifs is 2. The van der Waals surface area contributed by atoms with E-state index >= 15 is 0 Å². The molecule has 0 bridgehead atoms. The molecule has 2 heteroatoms. The maximum Gasteiger partial charge on any atom is 0.0947 e. The molecule has 0 fully saturated rings. The van der Waals surface area contributed by atoms with Crippen molar-refractivity contribution in [2.24, 2.45) is 0 Å². The summed E-state index contributed by atoms with van der Waals surface area (Å²) >= 11 is 0. The van der Waals surface area contributed by atoms with Gasteiger partial charge in [-0.3, -0.25) is 0 Å². The van der Waals surface area contributed by atoms with E-state index in [1.165, 1.54) is 16.3 Å². The molecule has 0 radical (unpaired) electrons. The first-order valence-electron chi connectivity index (χ1n) is 9.46. The van der Waals surface area contributed by atoms with Gasteiger partial charge in [-0.25, -0.2) is 4.98 Å². The molecule has 2 nitrogen and oxygen atoms in total. The molecule has 0 saturated heterocycles. The number of nitrogens with two attached hydrogens (primary N) is 1. The van der Waals surface area contributed by atoms with E-state index in [1.807, 2.05) is 25.1 Å². The standard InChI is InChI=1S/C26H20N2/c1-17-14-15-22-23(21-13-7-11-18-8-5-6-12-20(18)21)16-24(28-26(22)25(17)27)19-9-3-2-4-10-19/h2-16H,27H2,1H3. The zero-order valence-electron chi connectivity index (χ0n) is 15.7. The van der Waals surface area contributed by atoms with E-state index in [0.29, 0.717) is 0 Å². The first-order chi connectivity index (χ1) is 13.7. The van der Waals surface area contributed by atoms with Crippen LogP contribution < -0.4 is 5.73 Å². The molecule has 5 rings (SSSR count). The third kappa shape index (κ3) is 2.62. The molecule has 1 aromatic heterocycles. The van der Waals surface area contributed by atoms with Gasteiger partial charge in [0.1, 0.15) is 0 Å². The summed E-state index contributed by atoms with van der Waals surface area (Å²) in [5.41, 5.74) is 13.5. The second kappa shape index (κ2) is 6.50. The van der Waals surface area contributed by atoms with Gasteiger partial charge in [0, 0.05) is 10.9 Å². The van der Waals surface area contributed by atoms with E-state index in [0.717, 1.165) is 39.0 Å². The number of pyridine rings is 1. The van der Waals surface area contributed by atoms with E-state index in [9.17, 15) is 0 Å². The fourth-order valence-corrected chi connectivity index (χ4v) is 3.85. The molecule has 5 aromatic rings. The van der Waals surface area contributed by atoms with Crippen LogP contribution in [-0.4, -0.2) is 4.98 Å². The summed E-state index contributed by atoms with van der Waals surface area (Å²) in [4.78, 5) is 4.95. The van der Waals surface area contributed by atoms with E-state index in [-0.39, 0.29) is 0 Å². The van der Waals surface area contributed by atoms with Gasteiger partial charge in [0.15, 0.2) is 0 Å². The van der Waals surface area contributed by atoms with Crippen molar-refractivity contribution in [2.75, 3.05) is 5.73 Å². The molecular formula is C26H20N2. The van der Waals surface area contributed by atoms with Crippen molar-refractivity contribution in [3.63, 3.8) is 0 Å². The number of nitrogen functional groups attached to an aromatic ring is 1. The average molecular weight is 360 g/mol. The minimum Gasteiger partial charge on any atom is -0.397 e. The molecule has 0 aliphatic heterocycles. The van der Waals surface area contributed by atoms with Crippen LogP contribution in [0.15, 0.2) is 91.0 Å². The number of nitrogens with zero attached hydrogens (tertiary/aromatic N) is 1. The summed E-state index contributed by atoms with van der Waals surface area (Å²) in [6.45, 7) is 2.03. The Bertz CT molecular complexity index is 1320. The molecule has 0 spiro atoms. The Morgan fingerprint density at radius 2 is 1.43 bits per heavy atom. The fourth-order valence-electron chi connectivity index (χ4n) is 3.85. The van der Waals surface area contributed by atoms with Crippen LogP contribution in [0.1, 0.15) is 5.56 Å². The highest BCUT2D eigenvalue weighted by molar-refractivity contribution is 6.08. The first-order valence-corrected chi connectivity index (χ1v) is 9.46. The minimum absolute atomic E-state index is 0.747. The maximum absolute atomic E-state index is 6.46. The Kier molecular flexibility index (Phi) is 3.84. The number of hydrogen-bond acceptors (Lipinski definition) is 2. The molecule has 0 aliphatic carbocycles. The SMILES string of the molecule is Cc1ccc2c(-c3cccc4ccccc34)cc(-c3ccccc3)nc2c1N. The molecule has 4 aromatic carbocycles. The number of anilines is 1. The highest BCUT2D eigenvalue weighted by Gasteiger charge is 2.14. The Morgan fingerprint density at radius 3 is 2.29 bits per heavy atom. The number of hydrogen-bond donors (Lipinski definition) is 1. The summed E-state index contributed by atoms with van der Waals surface area (Å²) in [5.74, 6) is 0. The largest absolute Gasteiger partial charge is 0.397 e. The quantitative estimate of drug-likeness (QED) is 0.360. The van der Waals surface area contributed by atoms with Crippen molar-refractivity contribution in [1.29, 1.82) is 0 Å². The Balaban J connectivity index is 1.91. The molecular weight excluding hydrogens is 340 g/mol. The number of aromatic nitrogens is 1. The number of benzene rings is 4. The van der Waals surface area contributed by atoms with Gasteiger partial charge in [0.25, 0.3) is 0 Å². The van der Waals surface area contributed by atoms with Gasteiger partial charge in [-0.15, -0.1) is 0 Å². The lowest BCUT2D eigenvalue weighted by Crippen LogP contribution is -1.97. The summed E-state index contributed by atoms with van der Waals surface area (Å²) in [6.07, 6.45) is 0. The number of rotatable bonds is 2. The van der Waals surface area contributed by atoms with Gasteiger partial charge in [0.2, 0.25) is 0 Å². The van der Waals surface area contributed by atoms with Crippen LogP contribution in [0.4, 0.5) is 5.69 Å². The highest BCUT2D eigenvalue weighted by Crippen LogP contribution is 2.38.